The fourth-order valence-electron chi connectivity index (χ4n) is 4.84. The standard InChI is InChI=1S/C30H22N4O7S/c1-17-13-19(14-25-28(35)31-30(37)33(29(25)36)22-7-12-26-27(15-22)41-16-40-26)18(2)32(17)20-3-8-23(9-4-20)42-24-10-5-21(6-11-24)34(38)39/h3-15H,16H2,1-2H3,(H,31,35,37)/b25-14+. The molecule has 210 valence electrons. The Morgan fingerprint density at radius 2 is 1.52 bits per heavy atom. The fraction of sp³-hybridized carbons (Fsp3) is 0.100. The molecule has 3 heterocycles. The molecule has 0 unspecified atom stereocenters. The van der Waals surface area contributed by atoms with Crippen LogP contribution in [0.3, 0.4) is 0 Å². The SMILES string of the molecule is Cc1cc(/C=C2\C(=O)NC(=O)N(c3ccc4c(c3)OCO4)C2=O)c(C)n1-c1ccc(Sc2ccc([N+](=O)[O-])cc2)cc1. The van der Waals surface area contributed by atoms with Crippen molar-refractivity contribution in [2.45, 2.75) is 23.6 Å². The van der Waals surface area contributed by atoms with Gasteiger partial charge in [-0.3, -0.25) is 25.0 Å². The van der Waals surface area contributed by atoms with E-state index in [0.717, 1.165) is 31.8 Å². The number of nitrogens with one attached hydrogen (secondary N) is 1. The van der Waals surface area contributed by atoms with Gasteiger partial charge in [-0.05, 0) is 80.1 Å². The first-order valence-corrected chi connectivity index (χ1v) is 13.5. The van der Waals surface area contributed by atoms with Crippen molar-refractivity contribution in [1.29, 1.82) is 0 Å². The zero-order chi connectivity index (χ0) is 29.5. The van der Waals surface area contributed by atoms with Crippen molar-refractivity contribution >= 4 is 47.1 Å². The Morgan fingerprint density at radius 1 is 0.881 bits per heavy atom. The van der Waals surface area contributed by atoms with E-state index in [-0.39, 0.29) is 23.7 Å². The number of barbiturate groups is 1. The maximum Gasteiger partial charge on any atom is 0.335 e. The van der Waals surface area contributed by atoms with E-state index in [0.29, 0.717) is 17.1 Å². The number of imide groups is 2. The summed E-state index contributed by atoms with van der Waals surface area (Å²) < 4.78 is 12.7. The van der Waals surface area contributed by atoms with E-state index in [2.05, 4.69) is 5.32 Å². The van der Waals surface area contributed by atoms with E-state index in [9.17, 15) is 24.5 Å². The first-order chi connectivity index (χ1) is 20.2. The van der Waals surface area contributed by atoms with E-state index >= 15 is 0 Å². The van der Waals surface area contributed by atoms with Gasteiger partial charge in [0.1, 0.15) is 5.57 Å². The molecule has 0 bridgehead atoms. The van der Waals surface area contributed by atoms with Gasteiger partial charge in [-0.2, -0.15) is 0 Å². The largest absolute Gasteiger partial charge is 0.454 e. The van der Waals surface area contributed by atoms with Crippen molar-refractivity contribution in [3.8, 4) is 17.2 Å². The summed E-state index contributed by atoms with van der Waals surface area (Å²) in [5, 5.41) is 13.1. The van der Waals surface area contributed by atoms with Crippen LogP contribution in [0.4, 0.5) is 16.2 Å². The molecular weight excluding hydrogens is 560 g/mol. The maximum atomic E-state index is 13.4. The Bertz CT molecular complexity index is 1810. The number of nitro benzene ring substituents is 1. The molecule has 12 heteroatoms. The normalized spacial score (nSPS) is 15.3. The van der Waals surface area contributed by atoms with Crippen LogP contribution in [0.25, 0.3) is 11.8 Å². The van der Waals surface area contributed by atoms with E-state index in [1.807, 2.05) is 48.7 Å². The highest BCUT2D eigenvalue weighted by molar-refractivity contribution is 7.99. The fourth-order valence-corrected chi connectivity index (χ4v) is 5.65. The van der Waals surface area contributed by atoms with Gasteiger partial charge < -0.3 is 14.0 Å². The molecule has 0 aliphatic carbocycles. The maximum absolute atomic E-state index is 13.4. The van der Waals surface area contributed by atoms with Gasteiger partial charge in [0.2, 0.25) is 6.79 Å². The van der Waals surface area contributed by atoms with Gasteiger partial charge in [0.25, 0.3) is 17.5 Å². The molecule has 1 saturated heterocycles. The summed E-state index contributed by atoms with van der Waals surface area (Å²) in [5.74, 6) is -0.628. The molecule has 42 heavy (non-hydrogen) atoms. The third-order valence-corrected chi connectivity index (χ3v) is 7.88. The van der Waals surface area contributed by atoms with Crippen molar-refractivity contribution in [3.05, 3.63) is 105 Å². The molecule has 3 aromatic carbocycles. The van der Waals surface area contributed by atoms with Gasteiger partial charge in [-0.25, -0.2) is 9.69 Å². The molecule has 0 radical (unpaired) electrons. The van der Waals surface area contributed by atoms with Gasteiger partial charge in [0, 0.05) is 45.1 Å². The Morgan fingerprint density at radius 3 is 2.21 bits per heavy atom. The molecule has 2 aliphatic rings. The van der Waals surface area contributed by atoms with E-state index in [1.165, 1.54) is 36.0 Å². The van der Waals surface area contributed by atoms with Crippen LogP contribution in [0.5, 0.6) is 11.5 Å². The summed E-state index contributed by atoms with van der Waals surface area (Å²) in [4.78, 5) is 52.0. The van der Waals surface area contributed by atoms with Crippen LogP contribution >= 0.6 is 11.8 Å². The molecule has 6 rings (SSSR count). The topological polar surface area (TPSA) is 133 Å². The average molecular weight is 583 g/mol. The first-order valence-electron chi connectivity index (χ1n) is 12.7. The second kappa shape index (κ2) is 10.6. The Labute approximate surface area is 243 Å². The summed E-state index contributed by atoms with van der Waals surface area (Å²) >= 11 is 1.48. The van der Waals surface area contributed by atoms with Gasteiger partial charge in [0.15, 0.2) is 11.5 Å². The highest BCUT2D eigenvalue weighted by Crippen LogP contribution is 2.37. The van der Waals surface area contributed by atoms with Crippen LogP contribution in [0.15, 0.2) is 88.2 Å². The zero-order valence-corrected chi connectivity index (χ0v) is 23.1. The minimum atomic E-state index is -0.849. The van der Waals surface area contributed by atoms with Crippen molar-refractivity contribution < 1.29 is 28.8 Å². The van der Waals surface area contributed by atoms with Gasteiger partial charge in [-0.1, -0.05) is 11.8 Å². The minimum absolute atomic E-state index is 0.0404. The number of hydrogen-bond acceptors (Lipinski definition) is 8. The van der Waals surface area contributed by atoms with Crippen LogP contribution in [-0.4, -0.2) is 34.1 Å². The molecule has 0 spiro atoms. The summed E-state index contributed by atoms with van der Waals surface area (Å²) in [6.45, 7) is 3.84. The quantitative estimate of drug-likeness (QED) is 0.135. The number of hydrogen-bond donors (Lipinski definition) is 1. The summed E-state index contributed by atoms with van der Waals surface area (Å²) in [7, 11) is 0. The second-order valence-electron chi connectivity index (χ2n) is 9.50. The number of aromatic nitrogens is 1. The lowest BCUT2D eigenvalue weighted by Gasteiger charge is -2.26. The number of nitro groups is 1. The molecule has 0 saturated carbocycles. The number of urea groups is 1. The van der Waals surface area contributed by atoms with Crippen LogP contribution in [0.1, 0.15) is 17.0 Å². The predicted molar refractivity (Wildman–Crippen MR) is 154 cm³/mol. The van der Waals surface area contributed by atoms with E-state index in [4.69, 9.17) is 9.47 Å². The highest BCUT2D eigenvalue weighted by atomic mass is 32.2. The lowest BCUT2D eigenvalue weighted by atomic mass is 10.1. The first kappa shape index (κ1) is 26.8. The number of fused-ring (bicyclic) bond motifs is 1. The van der Waals surface area contributed by atoms with Gasteiger partial charge >= 0.3 is 6.03 Å². The van der Waals surface area contributed by atoms with Gasteiger partial charge in [-0.15, -0.1) is 0 Å². The van der Waals surface area contributed by atoms with Crippen molar-refractivity contribution in [2.24, 2.45) is 0 Å². The number of aryl methyl sites for hydroxylation is 1. The van der Waals surface area contributed by atoms with Gasteiger partial charge in [0.05, 0.1) is 10.6 Å². The third-order valence-electron chi connectivity index (χ3n) is 6.86. The molecule has 0 atom stereocenters. The van der Waals surface area contributed by atoms with Crippen molar-refractivity contribution in [2.75, 3.05) is 11.7 Å². The van der Waals surface area contributed by atoms with Crippen molar-refractivity contribution in [1.82, 2.24) is 9.88 Å². The molecule has 2 aliphatic heterocycles. The van der Waals surface area contributed by atoms with Crippen LogP contribution in [0, 0.1) is 24.0 Å². The number of nitrogens with zero attached hydrogens (tertiary/aromatic N) is 3. The van der Waals surface area contributed by atoms with E-state index < -0.39 is 22.8 Å². The second-order valence-corrected chi connectivity index (χ2v) is 10.7. The number of rotatable bonds is 6. The Hall–Kier alpha value is -5.36. The monoisotopic (exact) mass is 582 g/mol. The number of carbonyl (C=O) groups excluding carboxylic acids is 3. The minimum Gasteiger partial charge on any atom is -0.454 e. The number of ether oxygens (including phenoxy) is 2. The zero-order valence-electron chi connectivity index (χ0n) is 22.3. The Kier molecular flexibility index (Phi) is 6.75. The number of anilines is 1. The smallest absolute Gasteiger partial charge is 0.335 e. The average Bonchev–Trinajstić information content (AvgIpc) is 3.54. The molecule has 1 fully saturated rings. The number of benzene rings is 3. The number of amides is 4. The van der Waals surface area contributed by atoms with Crippen molar-refractivity contribution in [3.63, 3.8) is 0 Å². The number of carbonyl (C=O) groups is 3. The summed E-state index contributed by atoms with van der Waals surface area (Å²) in [6.07, 6.45) is 1.49. The molecule has 1 aromatic heterocycles. The van der Waals surface area contributed by atoms with Crippen LogP contribution < -0.4 is 19.7 Å². The molecule has 11 nitrogen and oxygen atoms in total. The van der Waals surface area contributed by atoms with E-state index in [1.54, 1.807) is 24.3 Å². The Balaban J connectivity index is 1.26. The molecule has 4 amide bonds. The van der Waals surface area contributed by atoms with Crippen LogP contribution in [0.2, 0.25) is 0 Å². The predicted octanol–water partition coefficient (Wildman–Crippen LogP) is 5.55. The molecule has 4 aromatic rings. The summed E-state index contributed by atoms with van der Waals surface area (Å²) in [5.41, 5.74) is 3.30. The lowest BCUT2D eigenvalue weighted by molar-refractivity contribution is -0.384. The molecular formula is C30H22N4O7S. The summed E-state index contributed by atoms with van der Waals surface area (Å²) in [6, 6.07) is 19.8. The third kappa shape index (κ3) is 4.88. The lowest BCUT2D eigenvalue weighted by Crippen LogP contribution is -2.54. The molecule has 1 N–H and O–H groups in total. The highest BCUT2D eigenvalue weighted by Gasteiger charge is 2.37. The van der Waals surface area contributed by atoms with Crippen LogP contribution in [-0.2, 0) is 9.59 Å². The number of non-ortho nitro benzene ring substituents is 1.